The van der Waals surface area contributed by atoms with Crippen LogP contribution in [-0.2, 0) is 11.2 Å². The Morgan fingerprint density at radius 2 is 2.05 bits per heavy atom. The number of benzene rings is 2. The Labute approximate surface area is 112 Å². The second-order valence-electron chi connectivity index (χ2n) is 4.32. The quantitative estimate of drug-likeness (QED) is 0.526. The predicted octanol–water partition coefficient (Wildman–Crippen LogP) is 2.08. The maximum atomic E-state index is 11.9. The fraction of sp³-hybridized carbons (Fsp3) is 0.0714. The third-order valence-electron chi connectivity index (χ3n) is 3.10. The zero-order chi connectivity index (χ0) is 13.6. The van der Waals surface area contributed by atoms with Crippen molar-refractivity contribution < 1.29 is 9.66 Å². The first-order chi connectivity index (χ1) is 9.08. The highest BCUT2D eigenvalue weighted by molar-refractivity contribution is 7.91. The number of H-pyrrole nitrogens is 1. The van der Waals surface area contributed by atoms with Crippen LogP contribution in [0.1, 0.15) is 0 Å². The average Bonchev–Trinajstić information content (AvgIpc) is 2.40. The molecule has 19 heavy (non-hydrogen) atoms. The number of phenolic OH excluding ortho intramolecular Hbond substituents is 1. The summed E-state index contributed by atoms with van der Waals surface area (Å²) in [6.07, 6.45) is 1.61. The van der Waals surface area contributed by atoms with Gasteiger partial charge in [0.05, 0.1) is 5.69 Å². The van der Waals surface area contributed by atoms with Crippen LogP contribution >= 0.6 is 0 Å². The van der Waals surface area contributed by atoms with E-state index in [1.165, 1.54) is 6.07 Å². The molecule has 0 bridgehead atoms. The number of fused-ring (bicyclic) bond motifs is 2. The zero-order valence-electron chi connectivity index (χ0n) is 10.1. The maximum absolute atomic E-state index is 11.9. The molecule has 0 radical (unpaired) electrons. The molecule has 1 heterocycles. The minimum atomic E-state index is -1.11. The molecule has 96 valence electrons. The number of pyridine rings is 1. The Kier molecular flexibility index (Phi) is 2.73. The van der Waals surface area contributed by atoms with Gasteiger partial charge in [0.15, 0.2) is 10.6 Å². The van der Waals surface area contributed by atoms with E-state index in [0.29, 0.717) is 16.2 Å². The van der Waals surface area contributed by atoms with Crippen molar-refractivity contribution in [3.05, 3.63) is 46.6 Å². The lowest BCUT2D eigenvalue weighted by Crippen LogP contribution is -2.07. The molecule has 1 aliphatic carbocycles. The van der Waals surface area contributed by atoms with E-state index in [1.54, 1.807) is 30.5 Å². The van der Waals surface area contributed by atoms with Crippen LogP contribution in [-0.4, -0.2) is 20.9 Å². The van der Waals surface area contributed by atoms with Crippen molar-refractivity contribution >= 4 is 22.1 Å². The van der Waals surface area contributed by atoms with E-state index in [1.807, 2.05) is 6.07 Å². The van der Waals surface area contributed by atoms with Crippen molar-refractivity contribution in [2.24, 2.45) is 0 Å². The normalized spacial score (nSPS) is 12.9. The second kappa shape index (κ2) is 4.29. The molecule has 2 aliphatic rings. The third kappa shape index (κ3) is 1.87. The van der Waals surface area contributed by atoms with Crippen molar-refractivity contribution in [1.82, 2.24) is 4.98 Å². The molecule has 0 saturated heterocycles. The van der Waals surface area contributed by atoms with E-state index in [0.717, 1.165) is 10.9 Å². The zero-order valence-corrected chi connectivity index (χ0v) is 11.0. The number of nitrogens with one attached hydrogen (secondary N) is 1. The lowest BCUT2D eigenvalue weighted by molar-refractivity contribution is 0.470. The molecular weight excluding hydrogens is 262 g/mol. The molecule has 2 N–H and O–H groups in total. The molecule has 4 nitrogen and oxygen atoms in total. The fourth-order valence-electron chi connectivity index (χ4n) is 2.17. The Morgan fingerprint density at radius 1 is 1.26 bits per heavy atom. The second-order valence-corrected chi connectivity index (χ2v) is 5.67. The van der Waals surface area contributed by atoms with Crippen LogP contribution in [0.5, 0.6) is 5.75 Å². The monoisotopic (exact) mass is 273 g/mol. The first-order valence-electron chi connectivity index (χ1n) is 5.69. The summed E-state index contributed by atoms with van der Waals surface area (Å²) in [5.41, 5.74) is 1.39. The Morgan fingerprint density at radius 3 is 2.79 bits per heavy atom. The molecule has 1 aromatic carbocycles. The number of hydrogen-bond donors (Lipinski definition) is 2. The van der Waals surface area contributed by atoms with E-state index in [-0.39, 0.29) is 5.75 Å². The van der Waals surface area contributed by atoms with Crippen molar-refractivity contribution in [3.8, 4) is 17.0 Å². The van der Waals surface area contributed by atoms with Gasteiger partial charge in [-0.25, -0.2) is 0 Å². The maximum Gasteiger partial charge on any atom is 0.229 e. The highest BCUT2D eigenvalue weighted by atomic mass is 32.2. The number of phenols is 1. The molecule has 1 aromatic rings. The topological polar surface area (TPSA) is 76.2 Å². The summed E-state index contributed by atoms with van der Waals surface area (Å²) < 4.78 is 11.7. The van der Waals surface area contributed by atoms with Gasteiger partial charge in [-0.05, 0) is 35.4 Å². The lowest BCUT2D eigenvalue weighted by Gasteiger charge is -2.11. The third-order valence-corrected chi connectivity index (χ3v) is 4.06. The van der Waals surface area contributed by atoms with Gasteiger partial charge in [-0.2, -0.15) is 0 Å². The van der Waals surface area contributed by atoms with Gasteiger partial charge in [0.2, 0.25) is 5.43 Å². The van der Waals surface area contributed by atoms with Crippen LogP contribution in [0.25, 0.3) is 22.2 Å². The summed E-state index contributed by atoms with van der Waals surface area (Å²) in [4.78, 5) is 15.7. The van der Waals surface area contributed by atoms with Crippen molar-refractivity contribution in [1.29, 1.82) is 0 Å². The molecule has 0 saturated carbocycles. The number of aromatic nitrogens is 1. The molecule has 3 rings (SSSR count). The highest BCUT2D eigenvalue weighted by Crippen LogP contribution is 2.27. The summed E-state index contributed by atoms with van der Waals surface area (Å²) in [7, 11) is 0. The molecular formula is C14H11NO3S. The van der Waals surface area contributed by atoms with E-state index in [9.17, 15) is 14.5 Å². The van der Waals surface area contributed by atoms with Crippen LogP contribution in [0, 0.1) is 0 Å². The Bertz CT molecular complexity index is 794. The largest absolute Gasteiger partial charge is 0.612 e. The number of rotatable bonds is 1. The number of aromatic amines is 1. The fourth-order valence-corrected chi connectivity index (χ4v) is 2.90. The van der Waals surface area contributed by atoms with Gasteiger partial charge in [0, 0.05) is 10.9 Å². The van der Waals surface area contributed by atoms with Crippen LogP contribution < -0.4 is 5.43 Å². The number of aromatic hydroxyl groups is 1. The minimum absolute atomic E-state index is 0.268. The predicted molar refractivity (Wildman–Crippen MR) is 75.2 cm³/mol. The summed E-state index contributed by atoms with van der Waals surface area (Å²) >= 11 is -1.11. The number of hydrogen-bond acceptors (Lipinski definition) is 3. The molecule has 0 amide bonds. The summed E-state index contributed by atoms with van der Waals surface area (Å²) in [5.74, 6) is -0.268. The van der Waals surface area contributed by atoms with Gasteiger partial charge in [-0.1, -0.05) is 12.1 Å². The van der Waals surface area contributed by atoms with Crippen LogP contribution in [0.3, 0.4) is 0 Å². The van der Waals surface area contributed by atoms with E-state index < -0.39 is 16.6 Å². The van der Waals surface area contributed by atoms with Gasteiger partial charge in [0.1, 0.15) is 11.8 Å². The van der Waals surface area contributed by atoms with Gasteiger partial charge < -0.3 is 14.6 Å². The standard InChI is InChI=1S/C14H11NO3S/c1-19(18)12-4-2-3-8-7-9-10(15-13(8)12)5-6-11(16)14(9)17/h2-7,15-16H,1H3. The molecule has 0 fully saturated rings. The molecule has 0 aromatic heterocycles. The summed E-state index contributed by atoms with van der Waals surface area (Å²) in [6.45, 7) is 0. The van der Waals surface area contributed by atoms with Crippen molar-refractivity contribution in [3.63, 3.8) is 0 Å². The first-order valence-corrected chi connectivity index (χ1v) is 7.25. The van der Waals surface area contributed by atoms with E-state index in [2.05, 4.69) is 4.98 Å². The van der Waals surface area contributed by atoms with Crippen LogP contribution in [0.2, 0.25) is 0 Å². The summed E-state index contributed by atoms with van der Waals surface area (Å²) in [6, 6.07) is 10.1. The molecule has 1 aliphatic heterocycles. The van der Waals surface area contributed by atoms with Gasteiger partial charge >= 0.3 is 0 Å². The molecule has 5 heteroatoms. The summed E-state index contributed by atoms with van der Waals surface area (Å²) in [5, 5.41) is 10.3. The van der Waals surface area contributed by atoms with Gasteiger partial charge in [0.25, 0.3) is 0 Å². The minimum Gasteiger partial charge on any atom is -0.612 e. The Hall–Kier alpha value is -1.98. The average molecular weight is 273 g/mol. The van der Waals surface area contributed by atoms with E-state index >= 15 is 0 Å². The van der Waals surface area contributed by atoms with Gasteiger partial charge in [-0.15, -0.1) is 0 Å². The van der Waals surface area contributed by atoms with Crippen molar-refractivity contribution in [2.45, 2.75) is 4.90 Å². The number of para-hydroxylation sites is 1. The first kappa shape index (κ1) is 12.1. The molecule has 0 spiro atoms. The SMILES string of the molecule is C[S+]([O-])c1cccc2cc3c(=O)c(O)ccc-3[nH]c12. The van der Waals surface area contributed by atoms with E-state index in [4.69, 9.17) is 0 Å². The van der Waals surface area contributed by atoms with Crippen molar-refractivity contribution in [2.75, 3.05) is 6.26 Å². The van der Waals surface area contributed by atoms with Gasteiger partial charge in [-0.3, -0.25) is 4.79 Å². The van der Waals surface area contributed by atoms with Crippen LogP contribution in [0.4, 0.5) is 0 Å². The lowest BCUT2D eigenvalue weighted by atomic mass is 10.1. The Balaban J connectivity index is 2.46. The molecule has 1 unspecified atom stereocenters. The smallest absolute Gasteiger partial charge is 0.229 e. The molecule has 1 atom stereocenters. The highest BCUT2D eigenvalue weighted by Gasteiger charge is 2.15. The van der Waals surface area contributed by atoms with Crippen LogP contribution in [0.15, 0.2) is 46.1 Å².